The first-order chi connectivity index (χ1) is 17.7. The average molecular weight is 518 g/mol. The minimum atomic E-state index is -3.53. The minimum Gasteiger partial charge on any atom is -0.444 e. The molecule has 1 aromatic carbocycles. The molecule has 0 unspecified atom stereocenters. The molecule has 0 saturated carbocycles. The Labute approximate surface area is 213 Å². The van der Waals surface area contributed by atoms with Crippen molar-refractivity contribution in [3.05, 3.63) is 90.5 Å². The predicted octanol–water partition coefficient (Wildman–Crippen LogP) is 4.13. The number of nitrogens with zero attached hydrogens (tertiary/aromatic N) is 4. The Morgan fingerprint density at radius 1 is 1.08 bits per heavy atom. The number of hydrogen-bond donors (Lipinski definition) is 1. The number of hydrogen-bond acceptors (Lipinski definition) is 8. The van der Waals surface area contributed by atoms with Crippen LogP contribution in [0.3, 0.4) is 0 Å². The average Bonchev–Trinajstić information content (AvgIpc) is 3.50. The molecular formula is C26H23N5O5S. The smallest absolute Gasteiger partial charge is 0.277 e. The molecule has 1 N–H and O–H groups in total. The fraction of sp³-hybridized carbons (Fsp3) is 0.154. The Morgan fingerprint density at radius 2 is 1.89 bits per heavy atom. The maximum atomic E-state index is 13.1. The number of oxazole rings is 1. The van der Waals surface area contributed by atoms with Crippen LogP contribution >= 0.6 is 0 Å². The van der Waals surface area contributed by atoms with E-state index in [1.807, 2.05) is 49.4 Å². The highest BCUT2D eigenvalue weighted by Gasteiger charge is 2.17. The molecule has 0 aliphatic heterocycles. The second kappa shape index (κ2) is 9.96. The zero-order valence-electron chi connectivity index (χ0n) is 20.1. The largest absolute Gasteiger partial charge is 0.444 e. The van der Waals surface area contributed by atoms with E-state index in [0.29, 0.717) is 29.3 Å². The van der Waals surface area contributed by atoms with E-state index in [2.05, 4.69) is 20.3 Å². The van der Waals surface area contributed by atoms with Crippen molar-refractivity contribution in [2.75, 3.05) is 18.2 Å². The molecule has 4 heterocycles. The van der Waals surface area contributed by atoms with Gasteiger partial charge in [-0.25, -0.2) is 9.97 Å². The van der Waals surface area contributed by atoms with Crippen LogP contribution in [0, 0.1) is 6.92 Å². The lowest BCUT2D eigenvalue weighted by Gasteiger charge is -2.11. The van der Waals surface area contributed by atoms with Crippen molar-refractivity contribution in [2.45, 2.75) is 13.3 Å². The molecule has 0 saturated heterocycles. The van der Waals surface area contributed by atoms with Crippen LogP contribution in [0.25, 0.3) is 28.2 Å². The van der Waals surface area contributed by atoms with Gasteiger partial charge >= 0.3 is 0 Å². The Balaban J connectivity index is 1.45. The second-order valence-electron chi connectivity index (χ2n) is 8.42. The standard InChI is InChI=1S/C26H23N5O5S/c1-17-12-19(8-10-27-17)26-30-23(16-35-26)25(32)29-22-15-31-14-20(9-11-36-37(2,33)34)28-24(31)13-21(22)18-6-4-3-5-7-18/h3-8,10,12-16H,9,11H2,1-2H3,(H,29,32). The summed E-state index contributed by atoms with van der Waals surface area (Å²) in [6.07, 6.45) is 7.82. The van der Waals surface area contributed by atoms with Crippen LogP contribution in [0.5, 0.6) is 0 Å². The van der Waals surface area contributed by atoms with Crippen molar-refractivity contribution in [3.8, 4) is 22.6 Å². The van der Waals surface area contributed by atoms with E-state index in [1.54, 1.807) is 29.1 Å². The van der Waals surface area contributed by atoms with Crippen molar-refractivity contribution < 1.29 is 21.8 Å². The number of rotatable bonds is 8. The van der Waals surface area contributed by atoms with E-state index in [4.69, 9.17) is 8.60 Å². The van der Waals surface area contributed by atoms with Gasteiger partial charge in [-0.2, -0.15) is 8.42 Å². The topological polar surface area (TPSA) is 129 Å². The number of benzene rings is 1. The van der Waals surface area contributed by atoms with Crippen molar-refractivity contribution in [3.63, 3.8) is 0 Å². The lowest BCUT2D eigenvalue weighted by Crippen LogP contribution is -2.13. The van der Waals surface area contributed by atoms with Crippen LogP contribution in [-0.2, 0) is 20.7 Å². The van der Waals surface area contributed by atoms with Crippen LogP contribution in [-0.4, -0.2) is 46.5 Å². The third-order valence-electron chi connectivity index (χ3n) is 5.51. The monoisotopic (exact) mass is 517 g/mol. The summed E-state index contributed by atoms with van der Waals surface area (Å²) >= 11 is 0. The van der Waals surface area contributed by atoms with Crippen LogP contribution < -0.4 is 5.32 Å². The highest BCUT2D eigenvalue weighted by molar-refractivity contribution is 7.85. The number of amides is 1. The number of imidazole rings is 1. The summed E-state index contributed by atoms with van der Waals surface area (Å²) in [5.74, 6) is -0.107. The molecule has 11 heteroatoms. The van der Waals surface area contributed by atoms with Crippen LogP contribution in [0.4, 0.5) is 5.69 Å². The van der Waals surface area contributed by atoms with Gasteiger partial charge in [-0.05, 0) is 30.7 Å². The third kappa shape index (κ3) is 5.74. The molecule has 0 radical (unpaired) electrons. The van der Waals surface area contributed by atoms with E-state index in [1.165, 1.54) is 6.26 Å². The van der Waals surface area contributed by atoms with Gasteiger partial charge in [-0.3, -0.25) is 14.0 Å². The molecule has 188 valence electrons. The summed E-state index contributed by atoms with van der Waals surface area (Å²) < 4.78 is 34.7. The maximum absolute atomic E-state index is 13.1. The molecule has 37 heavy (non-hydrogen) atoms. The van der Waals surface area contributed by atoms with Crippen LogP contribution in [0.15, 0.2) is 77.8 Å². The quantitative estimate of drug-likeness (QED) is 0.304. The molecule has 0 spiro atoms. The Kier molecular flexibility index (Phi) is 6.55. The molecule has 0 fully saturated rings. The molecule has 0 aliphatic carbocycles. The lowest BCUT2D eigenvalue weighted by molar-refractivity contribution is 0.102. The second-order valence-corrected chi connectivity index (χ2v) is 10.1. The number of fused-ring (bicyclic) bond motifs is 1. The van der Waals surface area contributed by atoms with E-state index < -0.39 is 16.0 Å². The van der Waals surface area contributed by atoms with Crippen molar-refractivity contribution in [1.29, 1.82) is 0 Å². The summed E-state index contributed by atoms with van der Waals surface area (Å²) in [5, 5.41) is 2.94. The van der Waals surface area contributed by atoms with Crippen LogP contribution in [0.2, 0.25) is 0 Å². The summed E-state index contributed by atoms with van der Waals surface area (Å²) in [7, 11) is -3.53. The van der Waals surface area contributed by atoms with Gasteiger partial charge in [0, 0.05) is 41.8 Å². The number of anilines is 1. The number of aryl methyl sites for hydroxylation is 1. The molecule has 0 aliphatic rings. The summed E-state index contributed by atoms with van der Waals surface area (Å²) in [4.78, 5) is 26.2. The lowest BCUT2D eigenvalue weighted by atomic mass is 10.1. The Morgan fingerprint density at radius 3 is 2.65 bits per heavy atom. The van der Waals surface area contributed by atoms with Gasteiger partial charge < -0.3 is 14.1 Å². The number of pyridine rings is 2. The Bertz CT molecular complexity index is 1690. The highest BCUT2D eigenvalue weighted by Crippen LogP contribution is 2.30. The van der Waals surface area contributed by atoms with Crippen molar-refractivity contribution in [1.82, 2.24) is 19.4 Å². The van der Waals surface area contributed by atoms with Gasteiger partial charge in [0.1, 0.15) is 11.9 Å². The SMILES string of the molecule is Cc1cc(-c2nc(C(=O)Nc3cn4cc(CCOS(C)(=O)=O)nc4cc3-c3ccccc3)co2)ccn1. The number of carbonyl (C=O) groups excluding carboxylic acids is 1. The van der Waals surface area contributed by atoms with Gasteiger partial charge in [0.2, 0.25) is 5.89 Å². The van der Waals surface area contributed by atoms with Crippen LogP contribution in [0.1, 0.15) is 21.9 Å². The number of carbonyl (C=O) groups is 1. The van der Waals surface area contributed by atoms with Gasteiger partial charge in [-0.1, -0.05) is 30.3 Å². The van der Waals surface area contributed by atoms with E-state index in [0.717, 1.165) is 28.6 Å². The predicted molar refractivity (Wildman–Crippen MR) is 138 cm³/mol. The molecule has 0 bridgehead atoms. The molecule has 5 aromatic rings. The molecule has 4 aromatic heterocycles. The molecule has 5 rings (SSSR count). The summed E-state index contributed by atoms with van der Waals surface area (Å²) in [6.45, 7) is 1.85. The van der Waals surface area contributed by atoms with Crippen molar-refractivity contribution >= 4 is 27.4 Å². The highest BCUT2D eigenvalue weighted by atomic mass is 32.2. The van der Waals surface area contributed by atoms with Gasteiger partial charge in [-0.15, -0.1) is 0 Å². The van der Waals surface area contributed by atoms with E-state index in [-0.39, 0.29) is 12.3 Å². The Hall–Kier alpha value is -4.35. The van der Waals surface area contributed by atoms with Crippen molar-refractivity contribution in [2.24, 2.45) is 0 Å². The fourth-order valence-corrected chi connectivity index (χ4v) is 4.22. The summed E-state index contributed by atoms with van der Waals surface area (Å²) in [6, 6.07) is 15.0. The van der Waals surface area contributed by atoms with Gasteiger partial charge in [0.25, 0.3) is 16.0 Å². The molecule has 0 atom stereocenters. The molecule has 10 nitrogen and oxygen atoms in total. The normalized spacial score (nSPS) is 11.6. The van der Waals surface area contributed by atoms with E-state index >= 15 is 0 Å². The van der Waals surface area contributed by atoms with Gasteiger partial charge in [0.15, 0.2) is 5.69 Å². The maximum Gasteiger partial charge on any atom is 0.277 e. The first-order valence-electron chi connectivity index (χ1n) is 11.4. The summed E-state index contributed by atoms with van der Waals surface area (Å²) in [5.41, 5.74) is 5.16. The molecular weight excluding hydrogens is 494 g/mol. The first-order valence-corrected chi connectivity index (χ1v) is 13.2. The minimum absolute atomic E-state index is 0.0106. The number of aromatic nitrogens is 4. The van der Waals surface area contributed by atoms with E-state index in [9.17, 15) is 13.2 Å². The zero-order chi connectivity index (χ0) is 26.0. The zero-order valence-corrected chi connectivity index (χ0v) is 20.9. The van der Waals surface area contributed by atoms with Gasteiger partial charge in [0.05, 0.1) is 24.2 Å². The fourth-order valence-electron chi connectivity index (χ4n) is 3.84. The molecule has 1 amide bonds. The first kappa shape index (κ1) is 24.3. The third-order valence-corrected chi connectivity index (χ3v) is 6.11. The number of nitrogens with one attached hydrogen (secondary N) is 1.